The van der Waals surface area contributed by atoms with E-state index in [4.69, 9.17) is 11.6 Å². The van der Waals surface area contributed by atoms with E-state index in [0.717, 1.165) is 10.6 Å². The lowest BCUT2D eigenvalue weighted by Crippen LogP contribution is -2.45. The van der Waals surface area contributed by atoms with Gasteiger partial charge in [-0.05, 0) is 50.4 Å². The molecule has 5 nitrogen and oxygen atoms in total. The molecule has 19 heavy (non-hydrogen) atoms. The highest BCUT2D eigenvalue weighted by Crippen LogP contribution is 2.33. The van der Waals surface area contributed by atoms with E-state index >= 15 is 0 Å². The van der Waals surface area contributed by atoms with Crippen molar-refractivity contribution in [2.75, 3.05) is 12.1 Å². The zero-order valence-electron chi connectivity index (χ0n) is 9.95. The van der Waals surface area contributed by atoms with Crippen molar-refractivity contribution in [2.45, 2.75) is 6.92 Å². The van der Waals surface area contributed by atoms with Crippen LogP contribution in [-0.4, -0.2) is 28.9 Å². The molecule has 0 unspecified atom stereocenters. The van der Waals surface area contributed by atoms with Crippen molar-refractivity contribution in [3.63, 3.8) is 0 Å². The van der Waals surface area contributed by atoms with E-state index in [1.54, 1.807) is 19.3 Å². The van der Waals surface area contributed by atoms with E-state index in [0.29, 0.717) is 10.8 Å². The van der Waals surface area contributed by atoms with Gasteiger partial charge in [-0.3, -0.25) is 14.6 Å². The predicted molar refractivity (Wildman–Crippen MR) is 79.1 cm³/mol. The average Bonchev–Trinajstić information content (AvgIpc) is 2.53. The van der Waals surface area contributed by atoms with Crippen molar-refractivity contribution in [2.24, 2.45) is 0 Å². The first kappa shape index (κ1) is 14.5. The van der Waals surface area contributed by atoms with Gasteiger partial charge >= 0.3 is 0 Å². The van der Waals surface area contributed by atoms with Crippen molar-refractivity contribution in [3.8, 4) is 0 Å². The molecule has 0 spiro atoms. The monoisotopic (exact) mass is 407 g/mol. The third-order valence-electron chi connectivity index (χ3n) is 2.52. The number of hydrogen-bond donors (Lipinski definition) is 0. The zero-order valence-corrected chi connectivity index (χ0v) is 13.9. The van der Waals surface area contributed by atoms with Crippen molar-refractivity contribution in [1.29, 1.82) is 0 Å². The summed E-state index contributed by atoms with van der Waals surface area (Å²) in [4.78, 5) is 28.1. The molecule has 0 aliphatic carbocycles. The molecule has 0 fully saturated rings. The Morgan fingerprint density at radius 1 is 1.26 bits per heavy atom. The summed E-state index contributed by atoms with van der Waals surface area (Å²) < 4.78 is 0.347. The molecule has 100 valence electrons. The van der Waals surface area contributed by atoms with Crippen LogP contribution in [0, 0.1) is 6.92 Å². The van der Waals surface area contributed by atoms with E-state index in [-0.39, 0.29) is 8.96 Å². The largest absolute Gasteiger partial charge is 0.288 e. The molecule has 8 heteroatoms. The average molecular weight is 409 g/mol. The van der Waals surface area contributed by atoms with Crippen LogP contribution in [-0.2, 0) is 9.59 Å². The summed E-state index contributed by atoms with van der Waals surface area (Å²) in [6, 6.07) is 1.71. The highest BCUT2D eigenvalue weighted by molar-refractivity contribution is 9.14. The molecule has 2 amide bonds. The minimum absolute atomic E-state index is 0.174. The number of amides is 2. The summed E-state index contributed by atoms with van der Waals surface area (Å²) in [5, 5.41) is 2.64. The Morgan fingerprint density at radius 2 is 1.79 bits per heavy atom. The lowest BCUT2D eigenvalue weighted by molar-refractivity contribution is -0.137. The molecule has 0 bridgehead atoms. The highest BCUT2D eigenvalue weighted by Gasteiger charge is 2.39. The standard InChI is InChI=1S/C11H8Br2ClN3O2/c1-5-3-6(14)9(15-4-5)16(2)17-10(18)7(12)8(13)11(17)19/h3-4H,1-2H3. The van der Waals surface area contributed by atoms with Crippen LogP contribution in [0.4, 0.5) is 5.82 Å². The topological polar surface area (TPSA) is 53.5 Å². The molecule has 1 aromatic rings. The van der Waals surface area contributed by atoms with Crippen LogP contribution in [0.1, 0.15) is 5.56 Å². The van der Waals surface area contributed by atoms with Crippen molar-refractivity contribution in [1.82, 2.24) is 9.99 Å². The number of rotatable bonds is 2. The number of hydrogen-bond acceptors (Lipinski definition) is 4. The van der Waals surface area contributed by atoms with E-state index in [9.17, 15) is 9.59 Å². The molecule has 1 aromatic heterocycles. The number of carbonyl (C=O) groups excluding carboxylic acids is 2. The molecule has 2 rings (SSSR count). The van der Waals surface area contributed by atoms with Crippen LogP contribution in [0.2, 0.25) is 5.02 Å². The number of aromatic nitrogens is 1. The SMILES string of the molecule is Cc1cnc(N(C)N2C(=O)C(Br)=C(Br)C2=O)c(Cl)c1. The molecule has 0 radical (unpaired) electrons. The van der Waals surface area contributed by atoms with Crippen molar-refractivity contribution in [3.05, 3.63) is 31.8 Å². The molecule has 0 N–H and O–H groups in total. The number of aryl methyl sites for hydroxylation is 1. The number of anilines is 1. The van der Waals surface area contributed by atoms with Crippen LogP contribution in [0.25, 0.3) is 0 Å². The maximum atomic E-state index is 12.0. The van der Waals surface area contributed by atoms with E-state index < -0.39 is 11.8 Å². The van der Waals surface area contributed by atoms with Crippen LogP contribution < -0.4 is 5.01 Å². The Labute approximate surface area is 131 Å². The van der Waals surface area contributed by atoms with E-state index in [1.165, 1.54) is 5.01 Å². The second kappa shape index (κ2) is 5.22. The smallest absolute Gasteiger partial charge is 0.266 e. The first-order valence-corrected chi connectivity index (χ1v) is 7.11. The Morgan fingerprint density at radius 3 is 2.26 bits per heavy atom. The fourth-order valence-corrected chi connectivity index (χ4v) is 2.62. The number of carbonyl (C=O) groups is 2. The number of pyridine rings is 1. The first-order valence-electron chi connectivity index (χ1n) is 5.14. The second-order valence-corrected chi connectivity index (χ2v) is 5.88. The number of nitrogens with zero attached hydrogens (tertiary/aromatic N) is 3. The van der Waals surface area contributed by atoms with E-state index in [2.05, 4.69) is 36.8 Å². The van der Waals surface area contributed by atoms with Crippen LogP contribution in [0.15, 0.2) is 21.2 Å². The van der Waals surface area contributed by atoms with Gasteiger partial charge in [0.1, 0.15) is 8.96 Å². The maximum Gasteiger partial charge on any atom is 0.288 e. The molecular weight excluding hydrogens is 401 g/mol. The quantitative estimate of drug-likeness (QED) is 0.705. The van der Waals surface area contributed by atoms with Gasteiger partial charge in [0.25, 0.3) is 11.8 Å². The highest BCUT2D eigenvalue weighted by atomic mass is 79.9. The molecule has 1 aliphatic rings. The number of hydrazine groups is 1. The maximum absolute atomic E-state index is 12.0. The van der Waals surface area contributed by atoms with Gasteiger partial charge in [0, 0.05) is 13.2 Å². The Balaban J connectivity index is 2.39. The summed E-state index contributed by atoms with van der Waals surface area (Å²) in [5.74, 6) is -0.618. The van der Waals surface area contributed by atoms with Gasteiger partial charge in [0.05, 0.1) is 5.02 Å². The van der Waals surface area contributed by atoms with Crippen LogP contribution in [0.5, 0.6) is 0 Å². The summed E-state index contributed by atoms with van der Waals surface area (Å²) in [5.41, 5.74) is 0.890. The van der Waals surface area contributed by atoms with Gasteiger partial charge in [0.2, 0.25) is 0 Å². The molecular formula is C11H8Br2ClN3O2. The Hall–Kier alpha value is -0.920. The summed E-state index contributed by atoms with van der Waals surface area (Å²) >= 11 is 12.2. The molecule has 0 saturated carbocycles. The minimum Gasteiger partial charge on any atom is -0.266 e. The fourth-order valence-electron chi connectivity index (χ4n) is 1.60. The Kier molecular flexibility index (Phi) is 3.98. The third-order valence-corrected chi connectivity index (χ3v) is 4.80. The van der Waals surface area contributed by atoms with Gasteiger partial charge in [-0.15, -0.1) is 0 Å². The lowest BCUT2D eigenvalue weighted by Gasteiger charge is -2.27. The van der Waals surface area contributed by atoms with Crippen LogP contribution in [0.3, 0.4) is 0 Å². The lowest BCUT2D eigenvalue weighted by atomic mass is 10.3. The second-order valence-electron chi connectivity index (χ2n) is 3.89. The van der Waals surface area contributed by atoms with Gasteiger partial charge in [-0.1, -0.05) is 11.6 Å². The van der Waals surface area contributed by atoms with Crippen molar-refractivity contribution < 1.29 is 9.59 Å². The predicted octanol–water partition coefficient (Wildman–Crippen LogP) is 2.76. The number of halogens is 3. The normalized spacial score (nSPS) is 15.5. The minimum atomic E-state index is -0.474. The fraction of sp³-hybridized carbons (Fsp3) is 0.182. The van der Waals surface area contributed by atoms with Gasteiger partial charge < -0.3 is 0 Å². The number of imide groups is 1. The third kappa shape index (κ3) is 2.42. The first-order chi connectivity index (χ1) is 8.84. The van der Waals surface area contributed by atoms with E-state index in [1.807, 2.05) is 6.92 Å². The Bertz CT molecular complexity index is 594. The molecule has 0 atom stereocenters. The summed E-state index contributed by atoms with van der Waals surface area (Å²) in [6.45, 7) is 1.85. The van der Waals surface area contributed by atoms with Gasteiger partial charge in [-0.2, -0.15) is 5.01 Å². The molecule has 0 saturated heterocycles. The molecule has 0 aromatic carbocycles. The summed E-state index contributed by atoms with van der Waals surface area (Å²) in [7, 11) is 1.55. The van der Waals surface area contributed by atoms with Gasteiger partial charge in [0.15, 0.2) is 5.82 Å². The molecule has 2 heterocycles. The molecule has 1 aliphatic heterocycles. The van der Waals surface area contributed by atoms with Gasteiger partial charge in [-0.25, -0.2) is 4.98 Å². The van der Waals surface area contributed by atoms with Crippen molar-refractivity contribution >= 4 is 61.1 Å². The summed E-state index contributed by atoms with van der Waals surface area (Å²) in [6.07, 6.45) is 1.61. The zero-order chi connectivity index (χ0) is 14.3. The van der Waals surface area contributed by atoms with Crippen LogP contribution >= 0.6 is 43.5 Å².